The molecular weight excluding hydrogens is 380 g/mol. The SMILES string of the molecule is O=C(Cn1cnnn1)N1CCN(C(=O)C2(c3ccc(Cl)cc3)CCCC2)CC1. The highest BCUT2D eigenvalue weighted by Crippen LogP contribution is 2.43. The first kappa shape index (κ1) is 18.9. The lowest BCUT2D eigenvalue weighted by molar-refractivity contribution is -0.143. The summed E-state index contributed by atoms with van der Waals surface area (Å²) in [6.45, 7) is 2.29. The molecule has 4 rings (SSSR count). The summed E-state index contributed by atoms with van der Waals surface area (Å²) in [6.07, 6.45) is 5.27. The molecule has 0 atom stereocenters. The van der Waals surface area contributed by atoms with Gasteiger partial charge < -0.3 is 9.80 Å². The lowest BCUT2D eigenvalue weighted by Gasteiger charge is -2.40. The summed E-state index contributed by atoms with van der Waals surface area (Å²) in [7, 11) is 0. The van der Waals surface area contributed by atoms with E-state index >= 15 is 0 Å². The third-order valence-electron chi connectivity index (χ3n) is 5.87. The molecule has 2 fully saturated rings. The quantitative estimate of drug-likeness (QED) is 0.774. The Kier molecular flexibility index (Phi) is 5.30. The van der Waals surface area contributed by atoms with E-state index in [1.807, 2.05) is 29.2 Å². The molecule has 0 unspecified atom stereocenters. The molecule has 0 radical (unpaired) electrons. The maximum absolute atomic E-state index is 13.5. The first-order chi connectivity index (χ1) is 13.6. The number of nitrogens with zero attached hydrogens (tertiary/aromatic N) is 6. The molecule has 1 saturated carbocycles. The molecule has 2 amide bonds. The monoisotopic (exact) mass is 402 g/mol. The zero-order valence-corrected chi connectivity index (χ0v) is 16.4. The smallest absolute Gasteiger partial charge is 0.244 e. The third-order valence-corrected chi connectivity index (χ3v) is 6.12. The number of aromatic nitrogens is 4. The Bertz CT molecular complexity index is 825. The molecule has 1 aliphatic heterocycles. The minimum Gasteiger partial charge on any atom is -0.338 e. The molecule has 0 spiro atoms. The van der Waals surface area contributed by atoms with Gasteiger partial charge in [0.05, 0.1) is 5.41 Å². The molecule has 1 aromatic heterocycles. The van der Waals surface area contributed by atoms with E-state index < -0.39 is 5.41 Å². The second-order valence-electron chi connectivity index (χ2n) is 7.48. The van der Waals surface area contributed by atoms with Crippen molar-refractivity contribution in [2.45, 2.75) is 37.6 Å². The Morgan fingerprint density at radius 2 is 1.64 bits per heavy atom. The molecular formula is C19H23ClN6O2. The fraction of sp³-hybridized carbons (Fsp3) is 0.526. The third kappa shape index (κ3) is 3.61. The summed E-state index contributed by atoms with van der Waals surface area (Å²) in [4.78, 5) is 29.6. The minimum atomic E-state index is -0.455. The topological polar surface area (TPSA) is 84.2 Å². The molecule has 0 bridgehead atoms. The van der Waals surface area contributed by atoms with E-state index in [-0.39, 0.29) is 18.4 Å². The molecule has 2 aromatic rings. The van der Waals surface area contributed by atoms with Crippen LogP contribution in [0.4, 0.5) is 0 Å². The summed E-state index contributed by atoms with van der Waals surface area (Å²) >= 11 is 6.04. The van der Waals surface area contributed by atoms with Crippen LogP contribution in [0.1, 0.15) is 31.2 Å². The highest BCUT2D eigenvalue weighted by atomic mass is 35.5. The van der Waals surface area contributed by atoms with Crippen molar-refractivity contribution in [3.8, 4) is 0 Å². The van der Waals surface area contributed by atoms with Crippen molar-refractivity contribution in [1.29, 1.82) is 0 Å². The summed E-state index contributed by atoms with van der Waals surface area (Å²) < 4.78 is 1.41. The summed E-state index contributed by atoms with van der Waals surface area (Å²) in [6, 6.07) is 7.69. The molecule has 28 heavy (non-hydrogen) atoms. The molecule has 9 heteroatoms. The van der Waals surface area contributed by atoms with E-state index in [9.17, 15) is 9.59 Å². The number of rotatable bonds is 4. The Labute approximate surface area is 168 Å². The number of hydrogen-bond donors (Lipinski definition) is 0. The molecule has 1 aliphatic carbocycles. The fourth-order valence-corrected chi connectivity index (χ4v) is 4.45. The molecule has 148 valence electrons. The Morgan fingerprint density at radius 3 is 2.25 bits per heavy atom. The van der Waals surface area contributed by atoms with Gasteiger partial charge in [0.25, 0.3) is 0 Å². The van der Waals surface area contributed by atoms with E-state index in [2.05, 4.69) is 15.5 Å². The van der Waals surface area contributed by atoms with Crippen LogP contribution < -0.4 is 0 Å². The lowest BCUT2D eigenvalue weighted by atomic mass is 9.77. The van der Waals surface area contributed by atoms with Gasteiger partial charge in [0.1, 0.15) is 12.9 Å². The Balaban J connectivity index is 1.42. The molecule has 8 nitrogen and oxygen atoms in total. The van der Waals surface area contributed by atoms with Gasteiger partial charge in [0.15, 0.2) is 0 Å². The Morgan fingerprint density at radius 1 is 1.00 bits per heavy atom. The first-order valence-electron chi connectivity index (χ1n) is 9.62. The van der Waals surface area contributed by atoms with Gasteiger partial charge in [-0.05, 0) is 41.0 Å². The van der Waals surface area contributed by atoms with Crippen molar-refractivity contribution in [1.82, 2.24) is 30.0 Å². The number of tetrazole rings is 1. The van der Waals surface area contributed by atoms with Gasteiger partial charge in [-0.1, -0.05) is 36.6 Å². The van der Waals surface area contributed by atoms with Gasteiger partial charge >= 0.3 is 0 Å². The van der Waals surface area contributed by atoms with E-state index in [1.165, 1.54) is 11.0 Å². The van der Waals surface area contributed by atoms with E-state index in [4.69, 9.17) is 11.6 Å². The molecule has 2 aliphatic rings. The Hall–Kier alpha value is -2.48. The van der Waals surface area contributed by atoms with Crippen LogP contribution in [0.25, 0.3) is 0 Å². The highest BCUT2D eigenvalue weighted by molar-refractivity contribution is 6.30. The fourth-order valence-electron chi connectivity index (χ4n) is 4.33. The predicted molar refractivity (Wildman–Crippen MR) is 103 cm³/mol. The van der Waals surface area contributed by atoms with Crippen molar-refractivity contribution >= 4 is 23.4 Å². The van der Waals surface area contributed by atoms with Gasteiger partial charge in [0.2, 0.25) is 11.8 Å². The number of carbonyl (C=O) groups excluding carboxylic acids is 2. The average molecular weight is 403 g/mol. The second-order valence-corrected chi connectivity index (χ2v) is 7.91. The van der Waals surface area contributed by atoms with Crippen LogP contribution in [0, 0.1) is 0 Å². The predicted octanol–water partition coefficient (Wildman–Crippen LogP) is 1.51. The molecule has 2 heterocycles. The number of carbonyl (C=O) groups is 2. The van der Waals surface area contributed by atoms with Crippen LogP contribution in [0.3, 0.4) is 0 Å². The second kappa shape index (κ2) is 7.87. The maximum Gasteiger partial charge on any atom is 0.244 e. The number of piperazine rings is 1. The first-order valence-corrected chi connectivity index (χ1v) is 10.0. The standard InChI is InChI=1S/C19H23ClN6O2/c20-16-5-3-15(4-6-16)19(7-1-2-8-19)18(28)25-11-9-24(10-12-25)17(27)13-26-14-21-22-23-26/h3-6,14H,1-2,7-13H2. The van der Waals surface area contributed by atoms with E-state index in [0.29, 0.717) is 31.2 Å². The molecule has 1 saturated heterocycles. The summed E-state index contributed by atoms with van der Waals surface area (Å²) in [5.41, 5.74) is 0.597. The minimum absolute atomic E-state index is 0.0346. The number of benzene rings is 1. The van der Waals surface area contributed by atoms with Gasteiger partial charge in [-0.15, -0.1) is 5.10 Å². The van der Waals surface area contributed by atoms with Crippen LogP contribution in [0.15, 0.2) is 30.6 Å². The normalized spacial score (nSPS) is 19.0. The van der Waals surface area contributed by atoms with E-state index in [1.54, 1.807) is 4.90 Å². The maximum atomic E-state index is 13.5. The average Bonchev–Trinajstić information content (AvgIpc) is 3.41. The van der Waals surface area contributed by atoms with Crippen LogP contribution in [-0.2, 0) is 21.5 Å². The van der Waals surface area contributed by atoms with Crippen LogP contribution >= 0.6 is 11.6 Å². The van der Waals surface area contributed by atoms with Crippen LogP contribution in [0.2, 0.25) is 5.02 Å². The molecule has 0 N–H and O–H groups in total. The number of amides is 2. The van der Waals surface area contributed by atoms with Gasteiger partial charge in [-0.2, -0.15) is 0 Å². The highest BCUT2D eigenvalue weighted by Gasteiger charge is 2.45. The van der Waals surface area contributed by atoms with Crippen molar-refractivity contribution in [3.63, 3.8) is 0 Å². The number of hydrogen-bond acceptors (Lipinski definition) is 5. The largest absolute Gasteiger partial charge is 0.338 e. The summed E-state index contributed by atoms with van der Waals surface area (Å²) in [5, 5.41) is 11.5. The lowest BCUT2D eigenvalue weighted by Crippen LogP contribution is -2.55. The van der Waals surface area contributed by atoms with Crippen molar-refractivity contribution in [2.75, 3.05) is 26.2 Å². The van der Waals surface area contributed by atoms with Crippen molar-refractivity contribution < 1.29 is 9.59 Å². The van der Waals surface area contributed by atoms with Gasteiger partial charge in [-0.25, -0.2) is 4.68 Å². The van der Waals surface area contributed by atoms with Crippen molar-refractivity contribution in [2.24, 2.45) is 0 Å². The van der Waals surface area contributed by atoms with Crippen LogP contribution in [0.5, 0.6) is 0 Å². The van der Waals surface area contributed by atoms with E-state index in [0.717, 1.165) is 31.2 Å². The zero-order valence-electron chi connectivity index (χ0n) is 15.6. The van der Waals surface area contributed by atoms with Gasteiger partial charge in [0, 0.05) is 31.2 Å². The number of halogens is 1. The zero-order chi connectivity index (χ0) is 19.6. The summed E-state index contributed by atoms with van der Waals surface area (Å²) in [5.74, 6) is 0.146. The molecule has 1 aromatic carbocycles. The van der Waals surface area contributed by atoms with Gasteiger partial charge in [-0.3, -0.25) is 9.59 Å². The van der Waals surface area contributed by atoms with Crippen molar-refractivity contribution in [3.05, 3.63) is 41.2 Å². The van der Waals surface area contributed by atoms with Crippen LogP contribution in [-0.4, -0.2) is 68.0 Å².